The Hall–Kier alpha value is -1.27. The number of rotatable bonds is 1. The number of aryl methyl sites for hydroxylation is 2. The van der Waals surface area contributed by atoms with Crippen LogP contribution in [0.5, 0.6) is 0 Å². The van der Waals surface area contributed by atoms with Crippen molar-refractivity contribution >= 4 is 11.6 Å². The zero-order chi connectivity index (χ0) is 10.8. The molecule has 0 radical (unpaired) electrons. The molecular formula is C14H13Cl. The van der Waals surface area contributed by atoms with E-state index in [4.69, 9.17) is 11.6 Å². The lowest BCUT2D eigenvalue weighted by Gasteiger charge is -2.08. The third kappa shape index (κ3) is 2.05. The lowest BCUT2D eigenvalue weighted by atomic mass is 9.99. The van der Waals surface area contributed by atoms with E-state index in [-0.39, 0.29) is 0 Å². The molecule has 0 amide bonds. The first-order chi connectivity index (χ1) is 7.18. The summed E-state index contributed by atoms with van der Waals surface area (Å²) in [5.41, 5.74) is 4.83. The summed E-state index contributed by atoms with van der Waals surface area (Å²) in [7, 11) is 0. The lowest BCUT2D eigenvalue weighted by Crippen LogP contribution is -1.85. The molecule has 0 N–H and O–H groups in total. The molecule has 0 saturated heterocycles. The van der Waals surface area contributed by atoms with Crippen molar-refractivity contribution < 1.29 is 0 Å². The molecule has 1 heteroatoms. The first-order valence-corrected chi connectivity index (χ1v) is 5.38. The fourth-order valence-corrected chi connectivity index (χ4v) is 1.92. The molecule has 0 aliphatic heterocycles. The highest BCUT2D eigenvalue weighted by Crippen LogP contribution is 2.28. The predicted molar refractivity (Wildman–Crippen MR) is 66.4 cm³/mol. The van der Waals surface area contributed by atoms with Crippen LogP contribution in [0.1, 0.15) is 11.1 Å². The Balaban J connectivity index is 2.59. The van der Waals surface area contributed by atoms with Gasteiger partial charge in [-0.3, -0.25) is 0 Å². The first-order valence-electron chi connectivity index (χ1n) is 5.00. The third-order valence-corrected chi connectivity index (χ3v) is 3.00. The second-order valence-electron chi connectivity index (χ2n) is 3.78. The highest BCUT2D eigenvalue weighted by molar-refractivity contribution is 6.31. The monoisotopic (exact) mass is 216 g/mol. The SMILES string of the molecule is Cc1cc(C)c(-c2ccccc2)cc1Cl. The Morgan fingerprint density at radius 2 is 1.53 bits per heavy atom. The Morgan fingerprint density at radius 3 is 2.20 bits per heavy atom. The minimum Gasteiger partial charge on any atom is -0.0840 e. The molecule has 0 aliphatic rings. The van der Waals surface area contributed by atoms with Crippen LogP contribution in [0, 0.1) is 13.8 Å². The van der Waals surface area contributed by atoms with Crippen LogP contribution in [-0.4, -0.2) is 0 Å². The molecule has 0 spiro atoms. The van der Waals surface area contributed by atoms with E-state index in [1.165, 1.54) is 16.7 Å². The van der Waals surface area contributed by atoms with Crippen LogP contribution < -0.4 is 0 Å². The van der Waals surface area contributed by atoms with E-state index in [1.807, 2.05) is 31.2 Å². The normalized spacial score (nSPS) is 10.3. The molecule has 0 heterocycles. The van der Waals surface area contributed by atoms with Gasteiger partial charge in [0.05, 0.1) is 0 Å². The van der Waals surface area contributed by atoms with Gasteiger partial charge in [-0.05, 0) is 42.2 Å². The van der Waals surface area contributed by atoms with E-state index in [0.717, 1.165) is 10.6 Å². The summed E-state index contributed by atoms with van der Waals surface area (Å²) in [4.78, 5) is 0. The molecule has 0 nitrogen and oxygen atoms in total. The Morgan fingerprint density at radius 1 is 0.867 bits per heavy atom. The number of hydrogen-bond donors (Lipinski definition) is 0. The van der Waals surface area contributed by atoms with E-state index in [0.29, 0.717) is 0 Å². The van der Waals surface area contributed by atoms with Gasteiger partial charge in [0.1, 0.15) is 0 Å². The molecule has 2 rings (SSSR count). The standard InChI is InChI=1S/C14H13Cl/c1-10-8-11(2)14(15)9-13(10)12-6-4-3-5-7-12/h3-9H,1-2H3. The summed E-state index contributed by atoms with van der Waals surface area (Å²) < 4.78 is 0. The average Bonchev–Trinajstić information content (AvgIpc) is 2.25. The smallest absolute Gasteiger partial charge is 0.0441 e. The largest absolute Gasteiger partial charge is 0.0840 e. The van der Waals surface area contributed by atoms with Gasteiger partial charge in [0.15, 0.2) is 0 Å². The Labute approximate surface area is 95.5 Å². The van der Waals surface area contributed by atoms with Gasteiger partial charge in [0.25, 0.3) is 0 Å². The summed E-state index contributed by atoms with van der Waals surface area (Å²) >= 11 is 6.14. The maximum absolute atomic E-state index is 6.14. The molecule has 0 saturated carbocycles. The molecule has 0 atom stereocenters. The molecular weight excluding hydrogens is 204 g/mol. The van der Waals surface area contributed by atoms with E-state index in [9.17, 15) is 0 Å². The van der Waals surface area contributed by atoms with Gasteiger partial charge in [-0.15, -0.1) is 0 Å². The van der Waals surface area contributed by atoms with E-state index in [1.54, 1.807) is 0 Å². The van der Waals surface area contributed by atoms with E-state index < -0.39 is 0 Å². The van der Waals surface area contributed by atoms with Crippen molar-refractivity contribution in [2.75, 3.05) is 0 Å². The lowest BCUT2D eigenvalue weighted by molar-refractivity contribution is 1.38. The zero-order valence-corrected chi connectivity index (χ0v) is 9.68. The van der Waals surface area contributed by atoms with E-state index in [2.05, 4.69) is 25.1 Å². The summed E-state index contributed by atoms with van der Waals surface area (Å²) in [5.74, 6) is 0. The molecule has 0 unspecified atom stereocenters. The minimum absolute atomic E-state index is 0.833. The van der Waals surface area contributed by atoms with Crippen molar-refractivity contribution in [3.8, 4) is 11.1 Å². The fraction of sp³-hybridized carbons (Fsp3) is 0.143. The second kappa shape index (κ2) is 4.08. The number of halogens is 1. The third-order valence-electron chi connectivity index (χ3n) is 2.59. The molecule has 0 bridgehead atoms. The molecule has 0 aromatic heterocycles. The summed E-state index contributed by atoms with van der Waals surface area (Å²) in [6, 6.07) is 14.5. The van der Waals surface area contributed by atoms with Crippen LogP contribution in [0.15, 0.2) is 42.5 Å². The van der Waals surface area contributed by atoms with Gasteiger partial charge in [-0.1, -0.05) is 48.0 Å². The Bertz CT molecular complexity index is 472. The second-order valence-corrected chi connectivity index (χ2v) is 4.19. The molecule has 2 aromatic carbocycles. The zero-order valence-electron chi connectivity index (χ0n) is 8.92. The van der Waals surface area contributed by atoms with Crippen molar-refractivity contribution in [2.24, 2.45) is 0 Å². The topological polar surface area (TPSA) is 0 Å². The molecule has 15 heavy (non-hydrogen) atoms. The number of hydrogen-bond acceptors (Lipinski definition) is 0. The molecule has 2 aromatic rings. The van der Waals surface area contributed by atoms with Crippen LogP contribution in [0.3, 0.4) is 0 Å². The quantitative estimate of drug-likeness (QED) is 0.652. The molecule has 76 valence electrons. The van der Waals surface area contributed by atoms with Crippen LogP contribution in [0.25, 0.3) is 11.1 Å². The van der Waals surface area contributed by atoms with Gasteiger partial charge >= 0.3 is 0 Å². The van der Waals surface area contributed by atoms with Crippen molar-refractivity contribution in [2.45, 2.75) is 13.8 Å². The number of benzene rings is 2. The highest BCUT2D eigenvalue weighted by Gasteiger charge is 2.04. The van der Waals surface area contributed by atoms with Crippen LogP contribution in [-0.2, 0) is 0 Å². The molecule has 0 fully saturated rings. The van der Waals surface area contributed by atoms with Crippen LogP contribution in [0.4, 0.5) is 0 Å². The maximum Gasteiger partial charge on any atom is 0.0441 e. The van der Waals surface area contributed by atoms with Gasteiger partial charge in [0.2, 0.25) is 0 Å². The van der Waals surface area contributed by atoms with Crippen molar-refractivity contribution in [1.82, 2.24) is 0 Å². The minimum atomic E-state index is 0.833. The van der Waals surface area contributed by atoms with Crippen molar-refractivity contribution in [3.63, 3.8) is 0 Å². The van der Waals surface area contributed by atoms with Crippen molar-refractivity contribution in [3.05, 3.63) is 58.6 Å². The van der Waals surface area contributed by atoms with Gasteiger partial charge in [-0.25, -0.2) is 0 Å². The van der Waals surface area contributed by atoms with Gasteiger partial charge < -0.3 is 0 Å². The van der Waals surface area contributed by atoms with Crippen molar-refractivity contribution in [1.29, 1.82) is 0 Å². The predicted octanol–water partition coefficient (Wildman–Crippen LogP) is 4.62. The van der Waals surface area contributed by atoms with Gasteiger partial charge in [0, 0.05) is 5.02 Å². The maximum atomic E-state index is 6.14. The summed E-state index contributed by atoms with van der Waals surface area (Å²) in [6.45, 7) is 4.15. The van der Waals surface area contributed by atoms with E-state index >= 15 is 0 Å². The highest BCUT2D eigenvalue weighted by atomic mass is 35.5. The average molecular weight is 217 g/mol. The van der Waals surface area contributed by atoms with Crippen LogP contribution in [0.2, 0.25) is 5.02 Å². The Kier molecular flexibility index (Phi) is 2.79. The summed E-state index contributed by atoms with van der Waals surface area (Å²) in [6.07, 6.45) is 0. The first kappa shape index (κ1) is 10.3. The van der Waals surface area contributed by atoms with Gasteiger partial charge in [-0.2, -0.15) is 0 Å². The molecule has 0 aliphatic carbocycles. The van der Waals surface area contributed by atoms with Crippen LogP contribution >= 0.6 is 11.6 Å². The summed E-state index contributed by atoms with van der Waals surface area (Å²) in [5, 5.41) is 0.833. The fourth-order valence-electron chi connectivity index (χ4n) is 1.75.